The lowest BCUT2D eigenvalue weighted by molar-refractivity contribution is -0.143. The Morgan fingerprint density at radius 3 is 2.46 bits per heavy atom. The van der Waals surface area contributed by atoms with E-state index in [-0.39, 0.29) is 24.1 Å². The molecule has 1 aliphatic carbocycles. The summed E-state index contributed by atoms with van der Waals surface area (Å²) in [5, 5.41) is 13.6. The minimum Gasteiger partial charge on any atom is -0.481 e. The second kappa shape index (κ2) is 9.41. The van der Waals surface area contributed by atoms with E-state index in [2.05, 4.69) is 9.88 Å². The van der Waals surface area contributed by atoms with Crippen LogP contribution in [-0.2, 0) is 16.0 Å². The maximum atomic E-state index is 12.6. The molecule has 2 aromatic carbocycles. The second-order valence-corrected chi connectivity index (χ2v) is 9.88. The number of rotatable bonds is 4. The van der Waals surface area contributed by atoms with Gasteiger partial charge in [0, 0.05) is 28.4 Å². The molecule has 9 heteroatoms. The molecule has 0 spiro atoms. The molecule has 1 saturated carbocycles. The Bertz CT molecular complexity index is 1260. The number of methoxy groups -OCH3 is 1. The average molecular weight is 497 g/mol. The lowest BCUT2D eigenvalue weighted by atomic mass is 9.86. The average Bonchev–Trinajstić information content (AvgIpc) is 3.23. The molecule has 0 bridgehead atoms. The number of halogens is 1. The molecule has 1 aliphatic heterocycles. The number of aromatic nitrogens is 2. The molecule has 0 saturated heterocycles. The largest absolute Gasteiger partial charge is 0.481 e. The van der Waals surface area contributed by atoms with Gasteiger partial charge in [-0.25, -0.2) is 9.78 Å². The van der Waals surface area contributed by atoms with Gasteiger partial charge >= 0.3 is 12.1 Å². The van der Waals surface area contributed by atoms with Crippen molar-refractivity contribution in [1.82, 2.24) is 9.55 Å². The summed E-state index contributed by atoms with van der Waals surface area (Å²) >= 11 is 6.07. The van der Waals surface area contributed by atoms with Gasteiger partial charge in [-0.2, -0.15) is 0 Å². The summed E-state index contributed by atoms with van der Waals surface area (Å²) in [5.74, 6) is -0.307. The highest BCUT2D eigenvalue weighted by molar-refractivity contribution is 6.30. The minimum absolute atomic E-state index is 0.0347. The molecule has 2 aliphatic rings. The Balaban J connectivity index is 1.61. The van der Waals surface area contributed by atoms with Crippen molar-refractivity contribution in [2.75, 3.05) is 17.3 Å². The molecule has 0 radical (unpaired) electrons. The van der Waals surface area contributed by atoms with E-state index >= 15 is 0 Å². The number of hydrogen-bond donors (Lipinski definition) is 2. The van der Waals surface area contributed by atoms with Gasteiger partial charge in [-0.05, 0) is 81.8 Å². The van der Waals surface area contributed by atoms with Crippen LogP contribution in [-0.4, -0.2) is 39.9 Å². The fourth-order valence-electron chi connectivity index (χ4n) is 5.48. The van der Waals surface area contributed by atoms with Crippen molar-refractivity contribution in [3.8, 4) is 0 Å². The number of nitrogens with one attached hydrogen (secondary N) is 1. The summed E-state index contributed by atoms with van der Waals surface area (Å²) in [6, 6.07) is 11.6. The Labute approximate surface area is 208 Å². The Kier molecular flexibility index (Phi) is 6.32. The number of imidazole rings is 1. The number of carboxylic acids is 1. The third-order valence-electron chi connectivity index (χ3n) is 7.34. The number of nitrogens with zero attached hydrogens (tertiary/aromatic N) is 3. The summed E-state index contributed by atoms with van der Waals surface area (Å²) in [5.41, 5.74) is 4.57. The molecule has 1 atom stereocenters. The molecular formula is C26H29ClN4O4. The van der Waals surface area contributed by atoms with Gasteiger partial charge < -0.3 is 19.7 Å². The summed E-state index contributed by atoms with van der Waals surface area (Å²) in [7, 11) is 1.40. The standard InChI is InChI=1S/C26H29ClN4O4/c1-15-3-12-20-21(30(15)26(34)35-2)13-14-22-23(20)29-25(28-18-8-6-17(27)7-9-18)31(22)19-10-4-16(5-11-19)24(32)33/h6-9,13-16,19H,3-5,10-12H2,1-2H3,(H,28,29)(H,32,33). The van der Waals surface area contributed by atoms with Crippen molar-refractivity contribution >= 4 is 52.0 Å². The molecule has 1 unspecified atom stereocenters. The van der Waals surface area contributed by atoms with E-state index in [4.69, 9.17) is 21.3 Å². The highest BCUT2D eigenvalue weighted by Crippen LogP contribution is 2.42. The van der Waals surface area contributed by atoms with Crippen molar-refractivity contribution in [3.05, 3.63) is 47.0 Å². The SMILES string of the molecule is COC(=O)N1c2ccc3c(nc(Nc4ccc(Cl)cc4)n3C3CCC(C(=O)O)CC3)c2CCC1C. The van der Waals surface area contributed by atoms with Crippen LogP contribution in [0.15, 0.2) is 36.4 Å². The van der Waals surface area contributed by atoms with Gasteiger partial charge in [0.1, 0.15) is 0 Å². The van der Waals surface area contributed by atoms with E-state index < -0.39 is 5.97 Å². The number of hydrogen-bond acceptors (Lipinski definition) is 5. The van der Waals surface area contributed by atoms with Crippen molar-refractivity contribution in [2.45, 2.75) is 57.5 Å². The van der Waals surface area contributed by atoms with E-state index in [1.807, 2.05) is 43.3 Å². The Hall–Kier alpha value is -3.26. The van der Waals surface area contributed by atoms with E-state index in [1.54, 1.807) is 4.90 Å². The highest BCUT2D eigenvalue weighted by atomic mass is 35.5. The molecule has 2 heterocycles. The number of carbonyl (C=O) groups is 2. The molecule has 5 rings (SSSR count). The van der Waals surface area contributed by atoms with Gasteiger partial charge in [0.15, 0.2) is 0 Å². The van der Waals surface area contributed by atoms with Crippen LogP contribution in [0.2, 0.25) is 5.02 Å². The molecule has 184 valence electrons. The van der Waals surface area contributed by atoms with Crippen molar-refractivity contribution in [2.24, 2.45) is 5.92 Å². The molecule has 1 aromatic heterocycles. The number of carbonyl (C=O) groups excluding carboxylic acids is 1. The molecule has 1 fully saturated rings. The van der Waals surface area contributed by atoms with Crippen LogP contribution in [0, 0.1) is 5.92 Å². The van der Waals surface area contributed by atoms with Crippen LogP contribution >= 0.6 is 11.6 Å². The zero-order valence-electron chi connectivity index (χ0n) is 19.8. The van der Waals surface area contributed by atoms with Crippen LogP contribution in [0.25, 0.3) is 11.0 Å². The van der Waals surface area contributed by atoms with Gasteiger partial charge in [-0.15, -0.1) is 0 Å². The smallest absolute Gasteiger partial charge is 0.414 e. The van der Waals surface area contributed by atoms with Crippen LogP contribution < -0.4 is 10.2 Å². The molecule has 3 aromatic rings. The molecule has 1 amide bonds. The first-order valence-corrected chi connectivity index (χ1v) is 12.4. The first kappa shape index (κ1) is 23.5. The second-order valence-electron chi connectivity index (χ2n) is 9.44. The van der Waals surface area contributed by atoms with Crippen LogP contribution in [0.4, 0.5) is 22.1 Å². The minimum atomic E-state index is -0.718. The molecule has 35 heavy (non-hydrogen) atoms. The van der Waals surface area contributed by atoms with Crippen LogP contribution in [0.3, 0.4) is 0 Å². The number of aryl methyl sites for hydroxylation is 1. The third kappa shape index (κ3) is 4.31. The summed E-state index contributed by atoms with van der Waals surface area (Å²) in [6.07, 6.45) is 4.06. The first-order valence-electron chi connectivity index (χ1n) is 12.0. The monoisotopic (exact) mass is 496 g/mol. The quantitative estimate of drug-likeness (QED) is 0.449. The third-order valence-corrected chi connectivity index (χ3v) is 7.59. The van der Waals surface area contributed by atoms with Gasteiger partial charge in [0.25, 0.3) is 0 Å². The van der Waals surface area contributed by atoms with Gasteiger partial charge in [-0.3, -0.25) is 9.69 Å². The molecular weight excluding hydrogens is 468 g/mol. The van der Waals surface area contributed by atoms with Crippen molar-refractivity contribution in [3.63, 3.8) is 0 Å². The number of benzene rings is 2. The van der Waals surface area contributed by atoms with Crippen LogP contribution in [0.5, 0.6) is 0 Å². The summed E-state index contributed by atoms with van der Waals surface area (Å²) in [4.78, 5) is 30.8. The number of aliphatic carboxylic acids is 1. The van der Waals surface area contributed by atoms with Gasteiger partial charge in [0.05, 0.1) is 29.7 Å². The first-order chi connectivity index (χ1) is 16.9. The number of anilines is 3. The maximum absolute atomic E-state index is 12.6. The van der Waals surface area contributed by atoms with Gasteiger partial charge in [-0.1, -0.05) is 11.6 Å². The fraction of sp³-hybridized carbons (Fsp3) is 0.423. The highest BCUT2D eigenvalue weighted by Gasteiger charge is 2.33. The zero-order chi connectivity index (χ0) is 24.7. The number of carboxylic acid groups (broad SMARTS) is 1. The van der Waals surface area contributed by atoms with Crippen molar-refractivity contribution < 1.29 is 19.4 Å². The fourth-order valence-corrected chi connectivity index (χ4v) is 5.60. The van der Waals surface area contributed by atoms with E-state index in [1.165, 1.54) is 7.11 Å². The Morgan fingerprint density at radius 2 is 1.80 bits per heavy atom. The Morgan fingerprint density at radius 1 is 1.09 bits per heavy atom. The van der Waals surface area contributed by atoms with Gasteiger partial charge in [0.2, 0.25) is 5.95 Å². The topological polar surface area (TPSA) is 96.7 Å². The summed E-state index contributed by atoms with van der Waals surface area (Å²) in [6.45, 7) is 2.02. The van der Waals surface area contributed by atoms with E-state index in [9.17, 15) is 14.7 Å². The number of ether oxygens (including phenoxy) is 1. The van der Waals surface area contributed by atoms with Crippen LogP contribution in [0.1, 0.15) is 50.6 Å². The summed E-state index contributed by atoms with van der Waals surface area (Å²) < 4.78 is 7.27. The normalized spacial score (nSPS) is 22.0. The van der Waals surface area contributed by atoms with E-state index in [0.29, 0.717) is 23.8 Å². The molecule has 2 N–H and O–H groups in total. The number of fused-ring (bicyclic) bond motifs is 3. The maximum Gasteiger partial charge on any atom is 0.414 e. The lowest BCUT2D eigenvalue weighted by Crippen LogP contribution is -2.42. The number of amides is 1. The predicted octanol–water partition coefficient (Wildman–Crippen LogP) is 6.16. The predicted molar refractivity (Wildman–Crippen MR) is 136 cm³/mol. The molecule has 8 nitrogen and oxygen atoms in total. The van der Waals surface area contributed by atoms with E-state index in [0.717, 1.165) is 53.7 Å². The van der Waals surface area contributed by atoms with Crippen molar-refractivity contribution in [1.29, 1.82) is 0 Å². The zero-order valence-corrected chi connectivity index (χ0v) is 20.6. The lowest BCUT2D eigenvalue weighted by Gasteiger charge is -2.34.